The van der Waals surface area contributed by atoms with E-state index in [1.165, 1.54) is 6.42 Å². The van der Waals surface area contributed by atoms with Gasteiger partial charge in [0.05, 0.1) is 0 Å². The molecule has 0 aromatic carbocycles. The Balaban J connectivity index is 2.39. The van der Waals surface area contributed by atoms with Gasteiger partial charge in [0.2, 0.25) is 0 Å². The van der Waals surface area contributed by atoms with Crippen LogP contribution in [0.2, 0.25) is 0 Å². The maximum atomic E-state index is 5.55. The lowest BCUT2D eigenvalue weighted by molar-refractivity contribution is 0.809. The third kappa shape index (κ3) is 0.759. The molecule has 2 heteroatoms. The summed E-state index contributed by atoms with van der Waals surface area (Å²) in [6.45, 7) is 3.12. The second-order valence-corrected chi connectivity index (χ2v) is 3.80. The largest absolute Gasteiger partial charge is 0.329 e. The molecule has 2 atom stereocenters. The van der Waals surface area contributed by atoms with Crippen LogP contribution in [0.3, 0.4) is 0 Å². The Hall–Kier alpha value is 0.310. The highest BCUT2D eigenvalue weighted by molar-refractivity contribution is 8.00. The average molecular weight is 131 g/mol. The summed E-state index contributed by atoms with van der Waals surface area (Å²) in [5, 5.41) is 0. The molecule has 1 saturated carbocycles. The highest BCUT2D eigenvalue weighted by Crippen LogP contribution is 2.51. The molecule has 48 valence electrons. The Morgan fingerprint density at radius 2 is 2.38 bits per heavy atom. The molecular formula is C6H13NS. The van der Waals surface area contributed by atoms with E-state index >= 15 is 0 Å². The fourth-order valence-electron chi connectivity index (χ4n) is 1.11. The summed E-state index contributed by atoms with van der Waals surface area (Å²) in [4.78, 5) is 0. The third-order valence-electron chi connectivity index (χ3n) is 2.14. The predicted molar refractivity (Wildman–Crippen MR) is 39.1 cm³/mol. The summed E-state index contributed by atoms with van der Waals surface area (Å²) >= 11 is 1.92. The van der Waals surface area contributed by atoms with Crippen molar-refractivity contribution < 1.29 is 0 Å². The van der Waals surface area contributed by atoms with E-state index in [9.17, 15) is 0 Å². The summed E-state index contributed by atoms with van der Waals surface area (Å²) < 4.78 is 0.486. The van der Waals surface area contributed by atoms with Crippen molar-refractivity contribution in [2.75, 3.05) is 12.8 Å². The molecule has 8 heavy (non-hydrogen) atoms. The average Bonchev–Trinajstić information content (AvgIpc) is 2.43. The predicted octanol–water partition coefficient (Wildman–Crippen LogP) is 1.09. The summed E-state index contributed by atoms with van der Waals surface area (Å²) in [5.74, 6) is 0.863. The minimum Gasteiger partial charge on any atom is -0.329 e. The van der Waals surface area contributed by atoms with Gasteiger partial charge in [-0.2, -0.15) is 11.8 Å². The third-order valence-corrected chi connectivity index (χ3v) is 3.69. The van der Waals surface area contributed by atoms with Gasteiger partial charge < -0.3 is 5.73 Å². The minimum atomic E-state index is 0.486. The standard InChI is InChI=1S/C6H13NS/c1-5-3-6(5,4-7)8-2/h5H,3-4,7H2,1-2H3. The first-order valence-electron chi connectivity index (χ1n) is 3.00. The number of hydrogen-bond acceptors (Lipinski definition) is 2. The van der Waals surface area contributed by atoms with E-state index in [0.717, 1.165) is 12.5 Å². The zero-order chi connectivity index (χ0) is 6.20. The maximum absolute atomic E-state index is 5.55. The summed E-state index contributed by atoms with van der Waals surface area (Å²) in [6, 6.07) is 0. The van der Waals surface area contributed by atoms with Gasteiger partial charge in [-0.3, -0.25) is 0 Å². The monoisotopic (exact) mass is 131 g/mol. The molecular weight excluding hydrogens is 118 g/mol. The van der Waals surface area contributed by atoms with Crippen molar-refractivity contribution in [3.8, 4) is 0 Å². The van der Waals surface area contributed by atoms with Gasteiger partial charge in [-0.15, -0.1) is 0 Å². The molecule has 0 spiro atoms. The topological polar surface area (TPSA) is 26.0 Å². The van der Waals surface area contributed by atoms with Crippen molar-refractivity contribution in [2.45, 2.75) is 18.1 Å². The van der Waals surface area contributed by atoms with E-state index in [1.54, 1.807) is 0 Å². The molecule has 0 saturated heterocycles. The lowest BCUT2D eigenvalue weighted by Crippen LogP contribution is -2.19. The van der Waals surface area contributed by atoms with Crippen LogP contribution in [0, 0.1) is 5.92 Å². The van der Waals surface area contributed by atoms with Gasteiger partial charge in [0, 0.05) is 11.3 Å². The van der Waals surface area contributed by atoms with E-state index < -0.39 is 0 Å². The van der Waals surface area contributed by atoms with Crippen LogP contribution in [0.1, 0.15) is 13.3 Å². The van der Waals surface area contributed by atoms with Crippen LogP contribution in [0.5, 0.6) is 0 Å². The van der Waals surface area contributed by atoms with Gasteiger partial charge in [-0.05, 0) is 18.6 Å². The van der Waals surface area contributed by atoms with E-state index in [4.69, 9.17) is 5.73 Å². The molecule has 0 amide bonds. The fraction of sp³-hybridized carbons (Fsp3) is 1.00. The highest BCUT2D eigenvalue weighted by Gasteiger charge is 2.49. The Morgan fingerprint density at radius 3 is 2.38 bits per heavy atom. The maximum Gasteiger partial charge on any atom is 0.0308 e. The Morgan fingerprint density at radius 1 is 1.88 bits per heavy atom. The second-order valence-electron chi connectivity index (χ2n) is 2.58. The molecule has 0 aliphatic heterocycles. The molecule has 0 bridgehead atoms. The summed E-state index contributed by atoms with van der Waals surface area (Å²) in [5.41, 5.74) is 5.55. The molecule has 1 aliphatic rings. The van der Waals surface area contributed by atoms with Crippen LogP contribution in [0.15, 0.2) is 0 Å². The summed E-state index contributed by atoms with van der Waals surface area (Å²) in [6.07, 6.45) is 3.47. The molecule has 2 N–H and O–H groups in total. The van der Waals surface area contributed by atoms with E-state index in [1.807, 2.05) is 11.8 Å². The number of nitrogens with two attached hydrogens (primary N) is 1. The van der Waals surface area contributed by atoms with Crippen LogP contribution >= 0.6 is 11.8 Å². The van der Waals surface area contributed by atoms with Gasteiger partial charge in [0.25, 0.3) is 0 Å². The van der Waals surface area contributed by atoms with Crippen molar-refractivity contribution in [3.05, 3.63) is 0 Å². The Labute approximate surface area is 55.0 Å². The van der Waals surface area contributed by atoms with Crippen LogP contribution in [0.25, 0.3) is 0 Å². The quantitative estimate of drug-likeness (QED) is 0.607. The van der Waals surface area contributed by atoms with Gasteiger partial charge in [-0.1, -0.05) is 6.92 Å². The Bertz CT molecular complexity index is 83.0. The lowest BCUT2D eigenvalue weighted by Gasteiger charge is -2.07. The minimum absolute atomic E-state index is 0.486. The molecule has 0 aromatic heterocycles. The molecule has 0 radical (unpaired) electrons. The number of rotatable bonds is 2. The SMILES string of the molecule is CSC1(CN)CC1C. The van der Waals surface area contributed by atoms with Crippen LogP contribution in [-0.4, -0.2) is 17.5 Å². The molecule has 0 aromatic rings. The zero-order valence-corrected chi connectivity index (χ0v) is 6.29. The van der Waals surface area contributed by atoms with Gasteiger partial charge in [0.15, 0.2) is 0 Å². The summed E-state index contributed by atoms with van der Waals surface area (Å²) in [7, 11) is 0. The second kappa shape index (κ2) is 1.92. The molecule has 1 aliphatic carbocycles. The molecule has 0 heterocycles. The van der Waals surface area contributed by atoms with Crippen LogP contribution in [-0.2, 0) is 0 Å². The first-order chi connectivity index (χ1) is 3.75. The van der Waals surface area contributed by atoms with Crippen molar-refractivity contribution in [1.82, 2.24) is 0 Å². The number of thioether (sulfide) groups is 1. The van der Waals surface area contributed by atoms with E-state index in [-0.39, 0.29) is 0 Å². The van der Waals surface area contributed by atoms with Crippen LogP contribution in [0.4, 0.5) is 0 Å². The smallest absolute Gasteiger partial charge is 0.0308 e. The van der Waals surface area contributed by atoms with Crippen molar-refractivity contribution in [1.29, 1.82) is 0 Å². The molecule has 1 nitrogen and oxygen atoms in total. The first kappa shape index (κ1) is 6.43. The van der Waals surface area contributed by atoms with Gasteiger partial charge >= 0.3 is 0 Å². The highest BCUT2D eigenvalue weighted by atomic mass is 32.2. The molecule has 1 rings (SSSR count). The van der Waals surface area contributed by atoms with Crippen molar-refractivity contribution in [2.24, 2.45) is 11.7 Å². The Kier molecular flexibility index (Phi) is 1.54. The molecule has 2 unspecified atom stereocenters. The first-order valence-corrected chi connectivity index (χ1v) is 4.23. The van der Waals surface area contributed by atoms with Crippen LogP contribution < -0.4 is 5.73 Å². The molecule has 1 fully saturated rings. The van der Waals surface area contributed by atoms with Crippen molar-refractivity contribution >= 4 is 11.8 Å². The zero-order valence-electron chi connectivity index (χ0n) is 5.48. The van der Waals surface area contributed by atoms with E-state index in [0.29, 0.717) is 4.75 Å². The lowest BCUT2D eigenvalue weighted by atomic mass is 10.3. The fourth-order valence-corrected chi connectivity index (χ4v) is 2.10. The van der Waals surface area contributed by atoms with Crippen molar-refractivity contribution in [3.63, 3.8) is 0 Å². The normalized spacial score (nSPS) is 44.6. The van der Waals surface area contributed by atoms with E-state index in [2.05, 4.69) is 13.2 Å². The van der Waals surface area contributed by atoms with Gasteiger partial charge in [0.1, 0.15) is 0 Å². The van der Waals surface area contributed by atoms with Gasteiger partial charge in [-0.25, -0.2) is 0 Å². The number of hydrogen-bond donors (Lipinski definition) is 1.